The highest BCUT2D eigenvalue weighted by atomic mass is 79.9. The molecule has 1 N–H and O–H groups in total. The van der Waals surface area contributed by atoms with Crippen LogP contribution in [0.5, 0.6) is 0 Å². The minimum atomic E-state index is 0.353. The first-order valence-electron chi connectivity index (χ1n) is 7.46. The molecule has 0 unspecified atom stereocenters. The molecule has 2 aromatic heterocycles. The molecule has 0 saturated heterocycles. The standard InChI is InChI=1S/C16H12BrN7S/c17-12-8-6-11(7-9-12)15-19-22-23(21-15)10-14-18-20-16(25)24(14)13-4-2-1-3-5-13/h1-9H,10H2,(H,20,25). The van der Waals surface area contributed by atoms with Gasteiger partial charge in [-0.1, -0.05) is 34.1 Å². The van der Waals surface area contributed by atoms with Crippen molar-refractivity contribution in [3.8, 4) is 17.1 Å². The molecule has 0 fully saturated rings. The van der Waals surface area contributed by atoms with E-state index in [0.29, 0.717) is 23.0 Å². The van der Waals surface area contributed by atoms with Crippen LogP contribution in [0.1, 0.15) is 5.82 Å². The normalized spacial score (nSPS) is 10.9. The molecule has 0 bridgehead atoms. The molecule has 4 aromatic rings. The number of nitrogens with one attached hydrogen (secondary N) is 1. The van der Waals surface area contributed by atoms with Gasteiger partial charge in [-0.05, 0) is 53.8 Å². The maximum atomic E-state index is 5.34. The predicted octanol–water partition coefficient (Wildman–Crippen LogP) is 3.39. The second-order valence-corrected chi connectivity index (χ2v) is 6.57. The molecule has 0 atom stereocenters. The average molecular weight is 414 g/mol. The van der Waals surface area contributed by atoms with E-state index < -0.39 is 0 Å². The predicted molar refractivity (Wildman–Crippen MR) is 98.8 cm³/mol. The van der Waals surface area contributed by atoms with Crippen LogP contribution in [0.3, 0.4) is 0 Å². The topological polar surface area (TPSA) is 77.2 Å². The number of hydrogen-bond acceptors (Lipinski definition) is 5. The van der Waals surface area contributed by atoms with Crippen molar-refractivity contribution in [1.82, 2.24) is 35.0 Å². The Morgan fingerprint density at radius 1 is 1.04 bits per heavy atom. The van der Waals surface area contributed by atoms with Crippen LogP contribution in [0.15, 0.2) is 59.1 Å². The summed E-state index contributed by atoms with van der Waals surface area (Å²) in [4.78, 5) is 1.50. The zero-order valence-electron chi connectivity index (χ0n) is 12.9. The number of aromatic nitrogens is 7. The number of aromatic amines is 1. The van der Waals surface area contributed by atoms with E-state index in [4.69, 9.17) is 12.2 Å². The monoisotopic (exact) mass is 413 g/mol. The van der Waals surface area contributed by atoms with Gasteiger partial charge in [0.05, 0.1) is 0 Å². The molecule has 2 aromatic carbocycles. The second kappa shape index (κ2) is 6.69. The third kappa shape index (κ3) is 3.28. The van der Waals surface area contributed by atoms with Gasteiger partial charge in [-0.3, -0.25) is 9.67 Å². The maximum Gasteiger partial charge on any atom is 0.204 e. The smallest absolute Gasteiger partial charge is 0.204 e. The summed E-state index contributed by atoms with van der Waals surface area (Å²) in [5.74, 6) is 1.27. The lowest BCUT2D eigenvalue weighted by molar-refractivity contribution is 0.548. The van der Waals surface area contributed by atoms with Crippen LogP contribution in [0.2, 0.25) is 0 Å². The maximum absolute atomic E-state index is 5.34. The zero-order chi connectivity index (χ0) is 17.2. The van der Waals surface area contributed by atoms with Gasteiger partial charge >= 0.3 is 0 Å². The Kier molecular flexibility index (Phi) is 4.24. The third-order valence-electron chi connectivity index (χ3n) is 3.59. The summed E-state index contributed by atoms with van der Waals surface area (Å²) >= 11 is 8.75. The van der Waals surface area contributed by atoms with Crippen LogP contribution in [0.25, 0.3) is 17.1 Å². The van der Waals surface area contributed by atoms with Crippen LogP contribution < -0.4 is 0 Å². The zero-order valence-corrected chi connectivity index (χ0v) is 15.3. The first kappa shape index (κ1) is 15.9. The Morgan fingerprint density at radius 3 is 2.56 bits per heavy atom. The van der Waals surface area contributed by atoms with E-state index in [1.807, 2.05) is 59.2 Å². The van der Waals surface area contributed by atoms with Crippen molar-refractivity contribution in [3.05, 3.63) is 69.7 Å². The lowest BCUT2D eigenvalue weighted by Crippen LogP contribution is -2.10. The number of tetrazole rings is 1. The second-order valence-electron chi connectivity index (χ2n) is 5.27. The number of para-hydroxylation sites is 1. The number of rotatable bonds is 4. The van der Waals surface area contributed by atoms with Gasteiger partial charge in [0.2, 0.25) is 5.82 Å². The van der Waals surface area contributed by atoms with Gasteiger partial charge in [0.1, 0.15) is 6.54 Å². The molecule has 7 nitrogen and oxygen atoms in total. The van der Waals surface area contributed by atoms with Gasteiger partial charge in [-0.25, -0.2) is 0 Å². The van der Waals surface area contributed by atoms with Gasteiger partial charge in [-0.2, -0.15) is 9.90 Å². The fourth-order valence-corrected chi connectivity index (χ4v) is 2.95. The minimum Gasteiger partial charge on any atom is -0.271 e. The summed E-state index contributed by atoms with van der Waals surface area (Å²) in [5, 5.41) is 19.8. The molecule has 2 heterocycles. The molecule has 0 aliphatic rings. The van der Waals surface area contributed by atoms with Crippen molar-refractivity contribution >= 4 is 28.1 Å². The number of benzene rings is 2. The van der Waals surface area contributed by atoms with E-state index in [1.165, 1.54) is 4.80 Å². The highest BCUT2D eigenvalue weighted by Gasteiger charge is 2.12. The van der Waals surface area contributed by atoms with Gasteiger partial charge in [-0.15, -0.1) is 10.2 Å². The van der Waals surface area contributed by atoms with Crippen LogP contribution >= 0.6 is 28.1 Å². The molecule has 0 aliphatic heterocycles. The summed E-state index contributed by atoms with van der Waals surface area (Å²) in [6.45, 7) is 0.353. The number of nitrogens with zero attached hydrogens (tertiary/aromatic N) is 6. The molecule has 0 aliphatic carbocycles. The van der Waals surface area contributed by atoms with E-state index in [1.54, 1.807) is 0 Å². The molecular weight excluding hydrogens is 402 g/mol. The van der Waals surface area contributed by atoms with Crippen LogP contribution in [-0.4, -0.2) is 35.0 Å². The van der Waals surface area contributed by atoms with Crippen molar-refractivity contribution in [2.75, 3.05) is 0 Å². The Balaban J connectivity index is 1.64. The Morgan fingerprint density at radius 2 is 1.80 bits per heavy atom. The molecule has 0 amide bonds. The lowest BCUT2D eigenvalue weighted by Gasteiger charge is -2.05. The van der Waals surface area contributed by atoms with Crippen LogP contribution in [-0.2, 0) is 6.54 Å². The minimum absolute atomic E-state index is 0.353. The first-order valence-corrected chi connectivity index (χ1v) is 8.66. The van der Waals surface area contributed by atoms with Gasteiger partial charge < -0.3 is 0 Å². The van der Waals surface area contributed by atoms with E-state index in [2.05, 4.69) is 41.5 Å². The largest absolute Gasteiger partial charge is 0.271 e. The summed E-state index contributed by atoms with van der Waals surface area (Å²) < 4.78 is 3.38. The van der Waals surface area contributed by atoms with Crippen LogP contribution in [0, 0.1) is 4.77 Å². The summed E-state index contributed by atoms with van der Waals surface area (Å²) in [5.41, 5.74) is 1.83. The summed E-state index contributed by atoms with van der Waals surface area (Å²) in [6, 6.07) is 17.6. The van der Waals surface area contributed by atoms with Crippen molar-refractivity contribution in [1.29, 1.82) is 0 Å². The van der Waals surface area contributed by atoms with Crippen molar-refractivity contribution in [2.45, 2.75) is 6.54 Å². The molecule has 124 valence electrons. The molecule has 25 heavy (non-hydrogen) atoms. The number of hydrogen-bond donors (Lipinski definition) is 1. The van der Waals surface area contributed by atoms with Gasteiger partial charge in [0.15, 0.2) is 10.6 Å². The molecule has 9 heteroatoms. The third-order valence-corrected chi connectivity index (χ3v) is 4.40. The molecular formula is C16H12BrN7S. The first-order chi connectivity index (χ1) is 12.2. The SMILES string of the molecule is S=c1[nH]nc(Cn2nnc(-c3ccc(Br)cc3)n2)n1-c1ccccc1. The van der Waals surface area contributed by atoms with Gasteiger partial charge in [0.25, 0.3) is 0 Å². The van der Waals surface area contributed by atoms with Gasteiger partial charge in [0, 0.05) is 15.7 Å². The fourth-order valence-electron chi connectivity index (χ4n) is 2.43. The fraction of sp³-hybridized carbons (Fsp3) is 0.0625. The van der Waals surface area contributed by atoms with Crippen molar-refractivity contribution < 1.29 is 0 Å². The molecule has 0 radical (unpaired) electrons. The number of H-pyrrole nitrogens is 1. The van der Waals surface area contributed by atoms with E-state index in [-0.39, 0.29) is 0 Å². The highest BCUT2D eigenvalue weighted by molar-refractivity contribution is 9.10. The summed E-state index contributed by atoms with van der Waals surface area (Å²) in [6.07, 6.45) is 0. The Hall–Kier alpha value is -2.65. The highest BCUT2D eigenvalue weighted by Crippen LogP contribution is 2.18. The average Bonchev–Trinajstić information content (AvgIpc) is 3.24. The van der Waals surface area contributed by atoms with Crippen LogP contribution in [0.4, 0.5) is 0 Å². The lowest BCUT2D eigenvalue weighted by atomic mass is 10.2. The number of halogens is 1. The molecule has 0 saturated carbocycles. The quantitative estimate of drug-likeness (QED) is 0.518. The Labute approximate surface area is 156 Å². The van der Waals surface area contributed by atoms with E-state index in [9.17, 15) is 0 Å². The van der Waals surface area contributed by atoms with Crippen molar-refractivity contribution in [3.63, 3.8) is 0 Å². The Bertz CT molecular complexity index is 1050. The summed E-state index contributed by atoms with van der Waals surface area (Å²) in [7, 11) is 0. The molecule has 4 rings (SSSR count). The molecule has 0 spiro atoms. The van der Waals surface area contributed by atoms with E-state index >= 15 is 0 Å². The van der Waals surface area contributed by atoms with Crippen molar-refractivity contribution in [2.24, 2.45) is 0 Å². The van der Waals surface area contributed by atoms with E-state index in [0.717, 1.165) is 15.7 Å².